The highest BCUT2D eigenvalue weighted by Crippen LogP contribution is 2.19. The fourth-order valence-electron chi connectivity index (χ4n) is 3.48. The third kappa shape index (κ3) is 4.36. The average Bonchev–Trinajstić information content (AvgIpc) is 3.05. The van der Waals surface area contributed by atoms with E-state index in [0.29, 0.717) is 31.1 Å². The molecule has 1 aromatic heterocycles. The van der Waals surface area contributed by atoms with Gasteiger partial charge in [0.05, 0.1) is 17.1 Å². The quantitative estimate of drug-likeness (QED) is 0.636. The summed E-state index contributed by atoms with van der Waals surface area (Å²) >= 11 is 0. The molecule has 9 heteroatoms. The fraction of sp³-hybridized carbons (Fsp3) is 0.350. The van der Waals surface area contributed by atoms with E-state index in [4.69, 9.17) is 0 Å². The van der Waals surface area contributed by atoms with E-state index in [2.05, 4.69) is 20.4 Å². The van der Waals surface area contributed by atoms with Gasteiger partial charge in [-0.3, -0.25) is 4.90 Å². The molecular formula is C20H24N6O2S. The highest BCUT2D eigenvalue weighted by Gasteiger charge is 2.27. The SMILES string of the molecule is Cc1ccc(S(=O)(=O)N2CCCN(Cc3nnnn3-c3ccccc3)CC2)cc1. The van der Waals surface area contributed by atoms with Crippen molar-refractivity contribution in [3.05, 3.63) is 66.0 Å². The van der Waals surface area contributed by atoms with Crippen LogP contribution in [0.5, 0.6) is 0 Å². The largest absolute Gasteiger partial charge is 0.295 e. The minimum absolute atomic E-state index is 0.351. The topological polar surface area (TPSA) is 84.2 Å². The molecule has 8 nitrogen and oxygen atoms in total. The second kappa shape index (κ2) is 8.40. The Balaban J connectivity index is 1.45. The molecule has 0 spiro atoms. The molecule has 1 fully saturated rings. The first-order valence-corrected chi connectivity index (χ1v) is 11.1. The van der Waals surface area contributed by atoms with Crippen LogP contribution in [0.2, 0.25) is 0 Å². The van der Waals surface area contributed by atoms with Crippen LogP contribution < -0.4 is 0 Å². The van der Waals surface area contributed by atoms with E-state index in [0.717, 1.165) is 30.0 Å². The average molecular weight is 413 g/mol. The van der Waals surface area contributed by atoms with Crippen LogP contribution in [0, 0.1) is 6.92 Å². The predicted octanol–water partition coefficient (Wildman–Crippen LogP) is 1.87. The number of rotatable bonds is 5. The molecule has 3 aromatic rings. The van der Waals surface area contributed by atoms with E-state index in [1.165, 1.54) is 0 Å². The summed E-state index contributed by atoms with van der Waals surface area (Å²) in [5.74, 6) is 0.742. The zero-order chi connectivity index (χ0) is 20.3. The molecule has 1 aliphatic rings. The van der Waals surface area contributed by atoms with Gasteiger partial charge in [0.2, 0.25) is 10.0 Å². The van der Waals surface area contributed by atoms with E-state index in [9.17, 15) is 8.42 Å². The van der Waals surface area contributed by atoms with Crippen LogP contribution in [0.25, 0.3) is 5.69 Å². The number of sulfonamides is 1. The molecule has 0 radical (unpaired) electrons. The second-order valence-corrected chi connectivity index (χ2v) is 9.13. The van der Waals surface area contributed by atoms with E-state index in [1.54, 1.807) is 21.1 Å². The van der Waals surface area contributed by atoms with Gasteiger partial charge in [-0.25, -0.2) is 8.42 Å². The summed E-state index contributed by atoms with van der Waals surface area (Å²) in [4.78, 5) is 2.56. The molecule has 1 saturated heterocycles. The Kier molecular flexibility index (Phi) is 5.70. The van der Waals surface area contributed by atoms with Crippen LogP contribution in [0.1, 0.15) is 17.8 Å². The summed E-state index contributed by atoms with van der Waals surface area (Å²) in [6, 6.07) is 16.8. The van der Waals surface area contributed by atoms with Crippen LogP contribution in [-0.2, 0) is 16.6 Å². The Bertz CT molecular complexity index is 1050. The molecule has 2 heterocycles. The van der Waals surface area contributed by atoms with Crippen molar-refractivity contribution < 1.29 is 8.42 Å². The standard InChI is InChI=1S/C20H24N6O2S/c1-17-8-10-19(11-9-17)29(27,28)25-13-5-12-24(14-15-25)16-20-21-22-23-26(20)18-6-3-2-4-7-18/h2-4,6-11H,5,12-16H2,1H3. The Hall–Kier alpha value is -2.62. The summed E-state index contributed by atoms with van der Waals surface area (Å²) in [6.45, 7) is 4.90. The molecule has 0 N–H and O–H groups in total. The minimum atomic E-state index is -3.48. The zero-order valence-corrected chi connectivity index (χ0v) is 17.2. The first kappa shape index (κ1) is 19.7. The van der Waals surface area contributed by atoms with Gasteiger partial charge in [0.25, 0.3) is 0 Å². The van der Waals surface area contributed by atoms with E-state index >= 15 is 0 Å². The molecule has 0 amide bonds. The van der Waals surface area contributed by atoms with Crippen molar-refractivity contribution in [1.29, 1.82) is 0 Å². The molecule has 0 unspecified atom stereocenters. The number of aryl methyl sites for hydroxylation is 1. The van der Waals surface area contributed by atoms with Crippen molar-refractivity contribution in [3.8, 4) is 5.69 Å². The maximum Gasteiger partial charge on any atom is 0.243 e. The lowest BCUT2D eigenvalue weighted by Crippen LogP contribution is -2.35. The molecule has 4 rings (SSSR count). The summed E-state index contributed by atoms with van der Waals surface area (Å²) in [5, 5.41) is 12.1. The Morgan fingerprint density at radius 2 is 1.69 bits per heavy atom. The summed E-state index contributed by atoms with van der Waals surface area (Å²) in [7, 11) is -3.48. The van der Waals surface area contributed by atoms with Crippen LogP contribution in [-0.4, -0.2) is 64.0 Å². The first-order valence-electron chi connectivity index (χ1n) is 9.66. The highest BCUT2D eigenvalue weighted by atomic mass is 32.2. The first-order chi connectivity index (χ1) is 14.0. The minimum Gasteiger partial charge on any atom is -0.295 e. The molecule has 2 aromatic carbocycles. The van der Waals surface area contributed by atoms with Crippen molar-refractivity contribution in [2.24, 2.45) is 0 Å². The molecule has 0 saturated carbocycles. The Morgan fingerprint density at radius 1 is 0.931 bits per heavy atom. The van der Waals surface area contributed by atoms with Gasteiger partial charge in [-0.15, -0.1) is 5.10 Å². The van der Waals surface area contributed by atoms with Gasteiger partial charge in [-0.1, -0.05) is 35.9 Å². The third-order valence-electron chi connectivity index (χ3n) is 5.11. The van der Waals surface area contributed by atoms with Gasteiger partial charge in [0.1, 0.15) is 0 Å². The Labute approximate surface area is 170 Å². The number of aromatic nitrogens is 4. The number of benzene rings is 2. The molecule has 0 atom stereocenters. The van der Waals surface area contributed by atoms with E-state index in [-0.39, 0.29) is 0 Å². The Morgan fingerprint density at radius 3 is 2.45 bits per heavy atom. The number of nitrogens with zero attached hydrogens (tertiary/aromatic N) is 6. The summed E-state index contributed by atoms with van der Waals surface area (Å²) in [6.07, 6.45) is 0.762. The lowest BCUT2D eigenvalue weighted by Gasteiger charge is -2.21. The van der Waals surface area contributed by atoms with Crippen LogP contribution in [0.3, 0.4) is 0 Å². The molecule has 0 aliphatic carbocycles. The van der Waals surface area contributed by atoms with E-state index in [1.807, 2.05) is 49.4 Å². The van der Waals surface area contributed by atoms with Gasteiger partial charge in [0, 0.05) is 19.6 Å². The van der Waals surface area contributed by atoms with Crippen molar-refractivity contribution in [2.75, 3.05) is 26.2 Å². The molecule has 29 heavy (non-hydrogen) atoms. The van der Waals surface area contributed by atoms with E-state index < -0.39 is 10.0 Å². The number of hydrogen-bond acceptors (Lipinski definition) is 6. The third-order valence-corrected chi connectivity index (χ3v) is 7.02. The molecule has 152 valence electrons. The second-order valence-electron chi connectivity index (χ2n) is 7.19. The van der Waals surface area contributed by atoms with Crippen molar-refractivity contribution in [1.82, 2.24) is 29.4 Å². The summed E-state index contributed by atoms with van der Waals surface area (Å²) < 4.78 is 29.3. The molecular weight excluding hydrogens is 388 g/mol. The smallest absolute Gasteiger partial charge is 0.243 e. The predicted molar refractivity (Wildman–Crippen MR) is 109 cm³/mol. The lowest BCUT2D eigenvalue weighted by atomic mass is 10.2. The number of tetrazole rings is 1. The van der Waals surface area contributed by atoms with Crippen LogP contribution in [0.4, 0.5) is 0 Å². The maximum absolute atomic E-state index is 13.0. The van der Waals surface area contributed by atoms with Gasteiger partial charge >= 0.3 is 0 Å². The fourth-order valence-corrected chi connectivity index (χ4v) is 4.95. The van der Waals surface area contributed by atoms with Crippen molar-refractivity contribution in [3.63, 3.8) is 0 Å². The van der Waals surface area contributed by atoms with Gasteiger partial charge < -0.3 is 0 Å². The maximum atomic E-state index is 13.0. The lowest BCUT2D eigenvalue weighted by molar-refractivity contribution is 0.269. The van der Waals surface area contributed by atoms with Gasteiger partial charge in [0.15, 0.2) is 5.82 Å². The van der Waals surface area contributed by atoms with Crippen LogP contribution in [0.15, 0.2) is 59.5 Å². The van der Waals surface area contributed by atoms with Crippen molar-refractivity contribution >= 4 is 10.0 Å². The normalized spacial score (nSPS) is 16.6. The molecule has 1 aliphatic heterocycles. The number of para-hydroxylation sites is 1. The highest BCUT2D eigenvalue weighted by molar-refractivity contribution is 7.89. The zero-order valence-electron chi connectivity index (χ0n) is 16.3. The van der Waals surface area contributed by atoms with Gasteiger partial charge in [-0.05, 0) is 54.6 Å². The summed E-state index contributed by atoms with van der Waals surface area (Å²) in [5.41, 5.74) is 1.95. The van der Waals surface area contributed by atoms with Crippen LogP contribution >= 0.6 is 0 Å². The monoisotopic (exact) mass is 412 g/mol. The van der Waals surface area contributed by atoms with Crippen molar-refractivity contribution in [2.45, 2.75) is 24.8 Å². The molecule has 0 bridgehead atoms. The van der Waals surface area contributed by atoms with Gasteiger partial charge in [-0.2, -0.15) is 8.99 Å². The number of hydrogen-bond donors (Lipinski definition) is 0.